The summed E-state index contributed by atoms with van der Waals surface area (Å²) >= 11 is 0. The van der Waals surface area contributed by atoms with Gasteiger partial charge in [-0.2, -0.15) is 5.10 Å². The van der Waals surface area contributed by atoms with E-state index in [1.807, 2.05) is 6.07 Å². The van der Waals surface area contributed by atoms with Crippen LogP contribution < -0.4 is 5.32 Å². The van der Waals surface area contributed by atoms with Gasteiger partial charge in [-0.1, -0.05) is 32.1 Å². The maximum Gasteiger partial charge on any atom is 0.0490 e. The zero-order chi connectivity index (χ0) is 11.1. The number of aromatic nitrogens is 2. The minimum absolute atomic E-state index is 0. The highest BCUT2D eigenvalue weighted by molar-refractivity contribution is 5.85. The summed E-state index contributed by atoms with van der Waals surface area (Å²) in [7, 11) is 0. The molecule has 0 atom stereocenters. The van der Waals surface area contributed by atoms with Crippen LogP contribution in [-0.4, -0.2) is 16.7 Å². The van der Waals surface area contributed by atoms with Crippen LogP contribution in [0.25, 0.3) is 0 Å². The third kappa shape index (κ3) is 5.55. The number of aromatic amines is 1. The molecule has 0 unspecified atom stereocenters. The molecule has 0 amide bonds. The number of halogens is 1. The number of hydrogen-bond donors (Lipinski definition) is 2. The molecule has 1 aliphatic rings. The predicted octanol–water partition coefficient (Wildman–Crippen LogP) is 3.28. The molecule has 0 aliphatic heterocycles. The average molecular weight is 258 g/mol. The van der Waals surface area contributed by atoms with Crippen molar-refractivity contribution in [2.45, 2.75) is 51.5 Å². The van der Waals surface area contributed by atoms with E-state index >= 15 is 0 Å². The van der Waals surface area contributed by atoms with Crippen molar-refractivity contribution >= 4 is 12.4 Å². The molecule has 0 saturated heterocycles. The van der Waals surface area contributed by atoms with Gasteiger partial charge in [-0.15, -0.1) is 12.4 Å². The summed E-state index contributed by atoms with van der Waals surface area (Å²) in [6, 6.07) is 2.02. The zero-order valence-electron chi connectivity index (χ0n) is 10.5. The second-order valence-electron chi connectivity index (χ2n) is 4.90. The topological polar surface area (TPSA) is 40.7 Å². The van der Waals surface area contributed by atoms with Crippen LogP contribution >= 0.6 is 12.4 Å². The SMILES string of the molecule is Cl.c1cc(CNCCCC2CCCCC2)[nH]n1. The van der Waals surface area contributed by atoms with Crippen molar-refractivity contribution < 1.29 is 0 Å². The van der Waals surface area contributed by atoms with Gasteiger partial charge in [-0.25, -0.2) is 0 Å². The molecule has 1 fully saturated rings. The number of hydrogen-bond acceptors (Lipinski definition) is 2. The Balaban J connectivity index is 0.00000144. The number of H-pyrrole nitrogens is 1. The first-order valence-electron chi connectivity index (χ1n) is 6.64. The third-order valence-electron chi connectivity index (χ3n) is 3.56. The van der Waals surface area contributed by atoms with Gasteiger partial charge in [-0.05, 0) is 31.4 Å². The summed E-state index contributed by atoms with van der Waals surface area (Å²) in [5.41, 5.74) is 1.18. The standard InChI is InChI=1S/C13H23N3.ClH/c1-2-5-12(6-3-1)7-4-9-14-11-13-8-10-15-16-13;/h8,10,12,14H,1-7,9,11H2,(H,15,16);1H. The lowest BCUT2D eigenvalue weighted by Gasteiger charge is -2.21. The Morgan fingerprint density at radius 2 is 2.12 bits per heavy atom. The van der Waals surface area contributed by atoms with Crippen LogP contribution in [0.4, 0.5) is 0 Å². The fraction of sp³-hybridized carbons (Fsp3) is 0.769. The molecule has 17 heavy (non-hydrogen) atoms. The lowest BCUT2D eigenvalue weighted by Crippen LogP contribution is -2.16. The molecule has 0 aromatic carbocycles. The van der Waals surface area contributed by atoms with Crippen molar-refractivity contribution in [2.24, 2.45) is 5.92 Å². The van der Waals surface area contributed by atoms with Crippen molar-refractivity contribution in [3.8, 4) is 0 Å². The van der Waals surface area contributed by atoms with E-state index in [-0.39, 0.29) is 12.4 Å². The Bertz CT molecular complexity index is 268. The van der Waals surface area contributed by atoms with Gasteiger partial charge >= 0.3 is 0 Å². The van der Waals surface area contributed by atoms with Crippen molar-refractivity contribution in [3.63, 3.8) is 0 Å². The maximum absolute atomic E-state index is 3.93. The van der Waals surface area contributed by atoms with Crippen molar-refractivity contribution in [2.75, 3.05) is 6.54 Å². The highest BCUT2D eigenvalue weighted by atomic mass is 35.5. The van der Waals surface area contributed by atoms with Crippen LogP contribution in [0.3, 0.4) is 0 Å². The van der Waals surface area contributed by atoms with Gasteiger partial charge in [0.2, 0.25) is 0 Å². The summed E-state index contributed by atoms with van der Waals surface area (Å²) in [6.07, 6.45) is 11.9. The molecular weight excluding hydrogens is 234 g/mol. The van der Waals surface area contributed by atoms with Crippen molar-refractivity contribution in [1.29, 1.82) is 0 Å². The zero-order valence-corrected chi connectivity index (χ0v) is 11.3. The smallest absolute Gasteiger partial charge is 0.0490 e. The van der Waals surface area contributed by atoms with E-state index in [1.54, 1.807) is 6.20 Å². The maximum atomic E-state index is 3.93. The van der Waals surface area contributed by atoms with E-state index in [1.165, 1.54) is 50.6 Å². The summed E-state index contributed by atoms with van der Waals surface area (Å²) in [6.45, 7) is 2.06. The minimum atomic E-state index is 0. The van der Waals surface area contributed by atoms with Gasteiger partial charge in [0.15, 0.2) is 0 Å². The van der Waals surface area contributed by atoms with Gasteiger partial charge < -0.3 is 5.32 Å². The molecule has 2 rings (SSSR count). The van der Waals surface area contributed by atoms with Gasteiger partial charge in [0, 0.05) is 18.4 Å². The minimum Gasteiger partial charge on any atom is -0.311 e. The molecular formula is C13H24ClN3. The van der Waals surface area contributed by atoms with E-state index in [0.717, 1.165) is 19.0 Å². The van der Waals surface area contributed by atoms with Gasteiger partial charge in [0.1, 0.15) is 0 Å². The average Bonchev–Trinajstić information content (AvgIpc) is 2.83. The van der Waals surface area contributed by atoms with Crippen molar-refractivity contribution in [3.05, 3.63) is 18.0 Å². The van der Waals surface area contributed by atoms with E-state index < -0.39 is 0 Å². The predicted molar refractivity (Wildman–Crippen MR) is 73.4 cm³/mol. The first-order chi connectivity index (χ1) is 7.95. The molecule has 2 N–H and O–H groups in total. The normalized spacial score (nSPS) is 16.7. The molecule has 1 aromatic rings. The van der Waals surface area contributed by atoms with Gasteiger partial charge in [0.25, 0.3) is 0 Å². The fourth-order valence-electron chi connectivity index (χ4n) is 2.60. The molecule has 1 aromatic heterocycles. The summed E-state index contributed by atoms with van der Waals surface area (Å²) in [5.74, 6) is 1.02. The van der Waals surface area contributed by atoms with Gasteiger partial charge in [0.05, 0.1) is 0 Å². The molecule has 4 heteroatoms. The monoisotopic (exact) mass is 257 g/mol. The number of rotatable bonds is 6. The molecule has 1 heterocycles. The Kier molecular flexibility index (Phi) is 7.29. The number of nitrogens with zero attached hydrogens (tertiary/aromatic N) is 1. The summed E-state index contributed by atoms with van der Waals surface area (Å²) < 4.78 is 0. The molecule has 98 valence electrons. The molecule has 1 aliphatic carbocycles. The van der Waals surface area contributed by atoms with Crippen LogP contribution in [0.5, 0.6) is 0 Å². The van der Waals surface area contributed by atoms with Crippen LogP contribution in [0.15, 0.2) is 12.3 Å². The second-order valence-corrected chi connectivity index (χ2v) is 4.90. The van der Waals surface area contributed by atoms with E-state index in [2.05, 4.69) is 15.5 Å². The Labute approximate surface area is 110 Å². The second kappa shape index (κ2) is 8.54. The Morgan fingerprint density at radius 1 is 1.29 bits per heavy atom. The summed E-state index contributed by atoms with van der Waals surface area (Å²) in [5, 5.41) is 10.4. The first-order valence-corrected chi connectivity index (χ1v) is 6.64. The van der Waals surface area contributed by atoms with E-state index in [9.17, 15) is 0 Å². The van der Waals surface area contributed by atoms with Crippen LogP contribution in [0.2, 0.25) is 0 Å². The van der Waals surface area contributed by atoms with E-state index in [4.69, 9.17) is 0 Å². The molecule has 0 bridgehead atoms. The fourth-order valence-corrected chi connectivity index (χ4v) is 2.60. The van der Waals surface area contributed by atoms with Crippen molar-refractivity contribution in [1.82, 2.24) is 15.5 Å². The highest BCUT2D eigenvalue weighted by Crippen LogP contribution is 2.26. The van der Waals surface area contributed by atoms with E-state index in [0.29, 0.717) is 0 Å². The quantitative estimate of drug-likeness (QED) is 0.768. The van der Waals surface area contributed by atoms with Crippen LogP contribution in [0, 0.1) is 5.92 Å². The Hall–Kier alpha value is -0.540. The lowest BCUT2D eigenvalue weighted by molar-refractivity contribution is 0.330. The molecule has 1 saturated carbocycles. The Morgan fingerprint density at radius 3 is 2.82 bits per heavy atom. The van der Waals surface area contributed by atoms with Crippen LogP contribution in [-0.2, 0) is 6.54 Å². The number of nitrogens with one attached hydrogen (secondary N) is 2. The summed E-state index contributed by atoms with van der Waals surface area (Å²) in [4.78, 5) is 0. The third-order valence-corrected chi connectivity index (χ3v) is 3.56. The molecule has 0 radical (unpaired) electrons. The highest BCUT2D eigenvalue weighted by Gasteiger charge is 2.12. The lowest BCUT2D eigenvalue weighted by atomic mass is 9.86. The first kappa shape index (κ1) is 14.5. The molecule has 3 nitrogen and oxygen atoms in total. The molecule has 0 spiro atoms. The largest absolute Gasteiger partial charge is 0.311 e. The van der Waals surface area contributed by atoms with Gasteiger partial charge in [-0.3, -0.25) is 5.10 Å². The van der Waals surface area contributed by atoms with Crippen LogP contribution in [0.1, 0.15) is 50.6 Å².